The van der Waals surface area contributed by atoms with Crippen LogP contribution in [0.15, 0.2) is 53.6 Å². The Morgan fingerprint density at radius 1 is 1.06 bits per heavy atom. The van der Waals surface area contributed by atoms with E-state index >= 15 is 0 Å². The molecule has 2 aromatic carbocycles. The molecular formula is C22H20Cl3FN4O3S. The molecule has 0 radical (unpaired) electrons. The van der Waals surface area contributed by atoms with Gasteiger partial charge in [-0.25, -0.2) is 12.8 Å². The lowest BCUT2D eigenvalue weighted by atomic mass is 9.97. The van der Waals surface area contributed by atoms with Crippen LogP contribution in [0.3, 0.4) is 0 Å². The Bertz CT molecular complexity index is 1290. The van der Waals surface area contributed by atoms with Gasteiger partial charge in [-0.3, -0.25) is 9.48 Å². The van der Waals surface area contributed by atoms with Crippen LogP contribution in [0.1, 0.15) is 18.4 Å². The SMILES string of the molecule is O=C(Nc1nn(Cc2c(F)cccc2Cl)cc1Cl)C1CCN(S(=O)(=O)c2ccc(Cl)cc2)CC1. The number of aromatic nitrogens is 2. The predicted octanol–water partition coefficient (Wildman–Crippen LogP) is 5.07. The fourth-order valence-corrected chi connectivity index (χ4v) is 5.76. The van der Waals surface area contributed by atoms with Crippen LogP contribution in [-0.4, -0.2) is 41.5 Å². The first kappa shape index (κ1) is 24.9. The predicted molar refractivity (Wildman–Crippen MR) is 129 cm³/mol. The number of hydrogen-bond acceptors (Lipinski definition) is 4. The standard InChI is InChI=1S/C22H20Cl3FN4O3S/c23-15-4-6-16(7-5-15)34(32,33)30-10-8-14(9-11-30)22(31)27-21-19(25)13-29(28-21)12-17-18(24)2-1-3-20(17)26/h1-7,13-14H,8-12H2,(H,27,28,31). The van der Waals surface area contributed by atoms with Gasteiger partial charge in [0, 0.05) is 40.8 Å². The van der Waals surface area contributed by atoms with Crippen molar-refractivity contribution in [1.82, 2.24) is 14.1 Å². The zero-order valence-corrected chi connectivity index (χ0v) is 20.8. The second-order valence-electron chi connectivity index (χ2n) is 7.84. The molecule has 180 valence electrons. The maximum absolute atomic E-state index is 14.1. The van der Waals surface area contributed by atoms with Gasteiger partial charge in [-0.15, -0.1) is 0 Å². The molecule has 7 nitrogen and oxygen atoms in total. The Morgan fingerprint density at radius 3 is 2.38 bits per heavy atom. The van der Waals surface area contributed by atoms with Crippen LogP contribution in [0.2, 0.25) is 15.1 Å². The van der Waals surface area contributed by atoms with E-state index in [1.165, 1.54) is 51.6 Å². The summed E-state index contributed by atoms with van der Waals surface area (Å²) in [5, 5.41) is 7.84. The molecule has 1 aromatic heterocycles. The van der Waals surface area contributed by atoms with Crippen molar-refractivity contribution in [2.24, 2.45) is 5.92 Å². The van der Waals surface area contributed by atoms with E-state index in [9.17, 15) is 17.6 Å². The first-order chi connectivity index (χ1) is 16.1. The molecule has 0 atom stereocenters. The van der Waals surface area contributed by atoms with Crippen LogP contribution in [0, 0.1) is 11.7 Å². The van der Waals surface area contributed by atoms with Gasteiger partial charge in [-0.05, 0) is 49.2 Å². The fraction of sp³-hybridized carbons (Fsp3) is 0.273. The third kappa shape index (κ3) is 5.39. The van der Waals surface area contributed by atoms with Crippen molar-refractivity contribution < 1.29 is 17.6 Å². The molecule has 1 amide bonds. The third-order valence-electron chi connectivity index (χ3n) is 5.62. The molecule has 4 rings (SSSR count). The maximum atomic E-state index is 14.1. The Morgan fingerprint density at radius 2 is 1.74 bits per heavy atom. The molecule has 2 heterocycles. The quantitative estimate of drug-likeness (QED) is 0.469. The summed E-state index contributed by atoms with van der Waals surface area (Å²) in [6, 6.07) is 10.4. The minimum Gasteiger partial charge on any atom is -0.308 e. The summed E-state index contributed by atoms with van der Waals surface area (Å²) in [5.74, 6) is -1.03. The van der Waals surface area contributed by atoms with E-state index in [1.54, 1.807) is 6.07 Å². The van der Waals surface area contributed by atoms with E-state index < -0.39 is 21.8 Å². The van der Waals surface area contributed by atoms with E-state index in [-0.39, 0.29) is 51.9 Å². The van der Waals surface area contributed by atoms with Gasteiger partial charge in [0.25, 0.3) is 0 Å². The molecule has 1 N–H and O–H groups in total. The van der Waals surface area contributed by atoms with Gasteiger partial charge in [0.15, 0.2) is 5.82 Å². The van der Waals surface area contributed by atoms with Crippen molar-refractivity contribution in [3.05, 3.63) is 75.1 Å². The summed E-state index contributed by atoms with van der Waals surface area (Å²) in [6.45, 7) is 0.454. The average Bonchev–Trinajstić information content (AvgIpc) is 3.15. The monoisotopic (exact) mass is 544 g/mol. The van der Waals surface area contributed by atoms with Gasteiger partial charge in [-0.1, -0.05) is 40.9 Å². The summed E-state index contributed by atoms with van der Waals surface area (Å²) < 4.78 is 42.5. The number of nitrogens with zero attached hydrogens (tertiary/aromatic N) is 3. The Kier molecular flexibility index (Phi) is 7.49. The van der Waals surface area contributed by atoms with Gasteiger partial charge >= 0.3 is 0 Å². The molecule has 0 bridgehead atoms. The van der Waals surface area contributed by atoms with Crippen molar-refractivity contribution in [2.75, 3.05) is 18.4 Å². The number of carbonyl (C=O) groups is 1. The molecule has 34 heavy (non-hydrogen) atoms. The van der Waals surface area contributed by atoms with Gasteiger partial charge in [-0.2, -0.15) is 9.40 Å². The first-order valence-corrected chi connectivity index (χ1v) is 12.9. The molecule has 0 spiro atoms. The molecule has 1 saturated heterocycles. The summed E-state index contributed by atoms with van der Waals surface area (Å²) in [6.07, 6.45) is 2.17. The highest BCUT2D eigenvalue weighted by atomic mass is 35.5. The normalized spacial score (nSPS) is 15.4. The number of sulfonamides is 1. The van der Waals surface area contributed by atoms with Crippen molar-refractivity contribution in [3.8, 4) is 0 Å². The highest BCUT2D eigenvalue weighted by Gasteiger charge is 2.32. The number of carbonyl (C=O) groups excluding carboxylic acids is 1. The molecular weight excluding hydrogens is 526 g/mol. The number of hydrogen-bond donors (Lipinski definition) is 1. The Hall–Kier alpha value is -2.17. The van der Waals surface area contributed by atoms with Crippen LogP contribution < -0.4 is 5.32 Å². The molecule has 1 aliphatic rings. The summed E-state index contributed by atoms with van der Waals surface area (Å²) in [4.78, 5) is 12.9. The molecule has 0 saturated carbocycles. The fourth-order valence-electron chi connectivity index (χ4n) is 3.74. The zero-order chi connectivity index (χ0) is 24.5. The molecule has 1 fully saturated rings. The van der Waals surface area contributed by atoms with Gasteiger partial charge in [0.1, 0.15) is 10.8 Å². The number of amides is 1. The van der Waals surface area contributed by atoms with Crippen molar-refractivity contribution in [3.63, 3.8) is 0 Å². The second-order valence-corrected chi connectivity index (χ2v) is 11.0. The summed E-state index contributed by atoms with van der Waals surface area (Å²) >= 11 is 18.1. The van der Waals surface area contributed by atoms with Gasteiger partial charge < -0.3 is 5.32 Å². The molecule has 0 unspecified atom stereocenters. The van der Waals surface area contributed by atoms with Crippen LogP contribution in [0.25, 0.3) is 0 Å². The van der Waals surface area contributed by atoms with Crippen LogP contribution in [-0.2, 0) is 21.4 Å². The summed E-state index contributed by atoms with van der Waals surface area (Å²) in [7, 11) is -3.66. The molecule has 1 aliphatic heterocycles. The van der Waals surface area contributed by atoms with Gasteiger partial charge in [0.05, 0.1) is 11.4 Å². The number of benzene rings is 2. The molecule has 3 aromatic rings. The highest BCUT2D eigenvalue weighted by molar-refractivity contribution is 7.89. The van der Waals surface area contributed by atoms with E-state index in [0.29, 0.717) is 17.9 Å². The number of anilines is 1. The largest absolute Gasteiger partial charge is 0.308 e. The lowest BCUT2D eigenvalue weighted by molar-refractivity contribution is -0.120. The smallest absolute Gasteiger partial charge is 0.243 e. The van der Waals surface area contributed by atoms with E-state index in [0.717, 1.165) is 0 Å². The maximum Gasteiger partial charge on any atom is 0.243 e. The minimum absolute atomic E-state index is 0.0437. The first-order valence-electron chi connectivity index (χ1n) is 10.4. The van der Waals surface area contributed by atoms with E-state index in [2.05, 4.69) is 10.4 Å². The van der Waals surface area contributed by atoms with Crippen molar-refractivity contribution >= 4 is 56.6 Å². The van der Waals surface area contributed by atoms with Crippen LogP contribution in [0.4, 0.5) is 10.2 Å². The Labute approximate surface area is 211 Å². The third-order valence-corrected chi connectivity index (χ3v) is 8.41. The van der Waals surface area contributed by atoms with Crippen LogP contribution in [0.5, 0.6) is 0 Å². The summed E-state index contributed by atoms with van der Waals surface area (Å²) in [5.41, 5.74) is 0.260. The van der Waals surface area contributed by atoms with E-state index in [4.69, 9.17) is 34.8 Å². The number of halogens is 4. The van der Waals surface area contributed by atoms with Crippen LogP contribution >= 0.6 is 34.8 Å². The van der Waals surface area contributed by atoms with Gasteiger partial charge in [0.2, 0.25) is 15.9 Å². The average molecular weight is 546 g/mol. The van der Waals surface area contributed by atoms with Crippen molar-refractivity contribution in [2.45, 2.75) is 24.3 Å². The molecule has 0 aliphatic carbocycles. The second kappa shape index (κ2) is 10.2. The Balaban J connectivity index is 1.37. The lowest BCUT2D eigenvalue weighted by Gasteiger charge is -2.30. The zero-order valence-electron chi connectivity index (χ0n) is 17.7. The molecule has 12 heteroatoms. The number of nitrogens with one attached hydrogen (secondary N) is 1. The minimum atomic E-state index is -3.66. The highest BCUT2D eigenvalue weighted by Crippen LogP contribution is 2.28. The topological polar surface area (TPSA) is 84.3 Å². The number of piperidine rings is 1. The number of rotatable bonds is 6. The lowest BCUT2D eigenvalue weighted by Crippen LogP contribution is -2.41. The van der Waals surface area contributed by atoms with Crippen molar-refractivity contribution in [1.29, 1.82) is 0 Å². The van der Waals surface area contributed by atoms with E-state index in [1.807, 2.05) is 0 Å².